The minimum Gasteiger partial charge on any atom is -0.336 e. The third-order valence-electron chi connectivity index (χ3n) is 4.97. The van der Waals surface area contributed by atoms with Gasteiger partial charge in [-0.15, -0.1) is 0 Å². The van der Waals surface area contributed by atoms with Crippen LogP contribution in [0, 0.1) is 0 Å². The first-order chi connectivity index (χ1) is 12.0. The van der Waals surface area contributed by atoms with Crippen LogP contribution in [0.5, 0.6) is 0 Å². The Morgan fingerprint density at radius 3 is 2.80 bits per heavy atom. The van der Waals surface area contributed by atoms with E-state index in [2.05, 4.69) is 54.0 Å². The van der Waals surface area contributed by atoms with Gasteiger partial charge in [0.1, 0.15) is 5.65 Å². The van der Waals surface area contributed by atoms with Crippen LogP contribution in [0.25, 0.3) is 16.6 Å². The third kappa shape index (κ3) is 3.55. The number of amides is 2. The largest absolute Gasteiger partial charge is 0.336 e. The molecule has 0 saturated carbocycles. The van der Waals surface area contributed by atoms with Crippen LogP contribution in [0.15, 0.2) is 30.6 Å². The predicted octanol–water partition coefficient (Wildman–Crippen LogP) is 4.21. The van der Waals surface area contributed by atoms with Gasteiger partial charge in [0.2, 0.25) is 0 Å². The molecule has 2 aromatic rings. The van der Waals surface area contributed by atoms with Gasteiger partial charge in [0.15, 0.2) is 0 Å². The Balaban J connectivity index is 1.82. The van der Waals surface area contributed by atoms with Crippen molar-refractivity contribution in [2.75, 3.05) is 13.1 Å². The van der Waals surface area contributed by atoms with Crippen molar-refractivity contribution < 1.29 is 4.79 Å². The molecule has 25 heavy (non-hydrogen) atoms. The van der Waals surface area contributed by atoms with Crippen LogP contribution in [0.4, 0.5) is 4.79 Å². The van der Waals surface area contributed by atoms with Crippen LogP contribution in [-0.2, 0) is 0 Å². The van der Waals surface area contributed by atoms with E-state index in [1.807, 2.05) is 24.1 Å². The fourth-order valence-corrected chi connectivity index (χ4v) is 3.23. The number of nitrogens with zero attached hydrogens (tertiary/aromatic N) is 3. The molecule has 0 saturated heterocycles. The molecule has 5 nitrogen and oxygen atoms in total. The molecule has 1 atom stereocenters. The van der Waals surface area contributed by atoms with Crippen LogP contribution < -0.4 is 5.32 Å². The lowest BCUT2D eigenvalue weighted by molar-refractivity contribution is 0.199. The summed E-state index contributed by atoms with van der Waals surface area (Å²) in [5, 5.41) is 4.24. The van der Waals surface area contributed by atoms with Gasteiger partial charge in [0.05, 0.1) is 0 Å². The second kappa shape index (κ2) is 7.30. The molecular weight excluding hydrogens is 312 g/mol. The number of carbonyl (C=O) groups excluding carboxylic acids is 1. The van der Waals surface area contributed by atoms with Crippen LogP contribution >= 0.6 is 0 Å². The molecule has 1 aliphatic heterocycles. The van der Waals surface area contributed by atoms with Crippen molar-refractivity contribution in [3.05, 3.63) is 36.2 Å². The molecule has 0 fully saturated rings. The molecule has 3 heterocycles. The molecule has 0 bridgehead atoms. The molecule has 1 aliphatic rings. The number of aromatic nitrogens is 2. The van der Waals surface area contributed by atoms with Crippen LogP contribution in [0.1, 0.15) is 52.1 Å². The van der Waals surface area contributed by atoms with E-state index in [1.54, 1.807) is 0 Å². The predicted molar refractivity (Wildman–Crippen MR) is 103 cm³/mol. The van der Waals surface area contributed by atoms with Crippen molar-refractivity contribution in [1.82, 2.24) is 19.8 Å². The van der Waals surface area contributed by atoms with E-state index in [1.165, 1.54) is 16.5 Å². The lowest BCUT2D eigenvalue weighted by Gasteiger charge is -2.28. The zero-order chi connectivity index (χ0) is 18.0. The summed E-state index contributed by atoms with van der Waals surface area (Å²) in [6, 6.07) is 4.75. The van der Waals surface area contributed by atoms with Gasteiger partial charge < -0.3 is 14.8 Å². The maximum absolute atomic E-state index is 12.3. The van der Waals surface area contributed by atoms with Gasteiger partial charge in [0.25, 0.3) is 0 Å². The monoisotopic (exact) mass is 340 g/mol. The Bertz CT molecular complexity index is 790. The van der Waals surface area contributed by atoms with Crippen molar-refractivity contribution in [2.45, 2.75) is 52.6 Å². The average molecular weight is 340 g/mol. The minimum atomic E-state index is 0.0379. The maximum Gasteiger partial charge on any atom is 0.317 e. The summed E-state index contributed by atoms with van der Waals surface area (Å²) >= 11 is 0. The van der Waals surface area contributed by atoms with Crippen LogP contribution in [0.3, 0.4) is 0 Å². The molecule has 134 valence electrons. The quantitative estimate of drug-likeness (QED) is 0.906. The van der Waals surface area contributed by atoms with Gasteiger partial charge in [-0.3, -0.25) is 0 Å². The minimum absolute atomic E-state index is 0.0379. The molecule has 3 rings (SSSR count). The standard InChI is InChI=1S/C20H28N4O/c1-5-15(4)22-20(25)23-11-8-16(9-12-23)18-13-24(14(2)3)19-17(18)7-6-10-21-19/h6-8,10,13-15H,5,9,11-12H2,1-4H3,(H,22,25)/t15-/m0/s1. The maximum atomic E-state index is 12.3. The molecule has 0 aromatic carbocycles. The zero-order valence-electron chi connectivity index (χ0n) is 15.6. The SMILES string of the molecule is CC[C@H](C)NC(=O)N1CC=C(c2cn(C(C)C)c3ncccc23)CC1. The number of urea groups is 1. The van der Waals surface area contributed by atoms with E-state index >= 15 is 0 Å². The zero-order valence-corrected chi connectivity index (χ0v) is 15.6. The summed E-state index contributed by atoms with van der Waals surface area (Å²) in [4.78, 5) is 18.7. The highest BCUT2D eigenvalue weighted by Gasteiger charge is 2.21. The van der Waals surface area contributed by atoms with Crippen molar-refractivity contribution in [3.8, 4) is 0 Å². The van der Waals surface area contributed by atoms with Crippen molar-refractivity contribution in [3.63, 3.8) is 0 Å². The van der Waals surface area contributed by atoms with E-state index < -0.39 is 0 Å². The first kappa shape index (κ1) is 17.5. The van der Waals surface area contributed by atoms with Gasteiger partial charge in [-0.25, -0.2) is 9.78 Å². The van der Waals surface area contributed by atoms with E-state index in [0.29, 0.717) is 12.6 Å². The van der Waals surface area contributed by atoms with Crippen molar-refractivity contribution >= 4 is 22.6 Å². The van der Waals surface area contributed by atoms with Gasteiger partial charge in [-0.05, 0) is 51.3 Å². The Morgan fingerprint density at radius 2 is 2.16 bits per heavy atom. The molecule has 0 spiro atoms. The number of pyridine rings is 1. The lowest BCUT2D eigenvalue weighted by atomic mass is 10.00. The summed E-state index contributed by atoms with van der Waals surface area (Å²) in [5.74, 6) is 0. The Kier molecular flexibility index (Phi) is 5.11. The van der Waals surface area contributed by atoms with E-state index in [9.17, 15) is 4.79 Å². The number of nitrogens with one attached hydrogen (secondary N) is 1. The van der Waals surface area contributed by atoms with E-state index in [-0.39, 0.29) is 12.1 Å². The lowest BCUT2D eigenvalue weighted by Crippen LogP contribution is -2.45. The molecule has 0 unspecified atom stereocenters. The molecule has 1 N–H and O–H groups in total. The normalized spacial score (nSPS) is 16.2. The second-order valence-corrected chi connectivity index (χ2v) is 7.10. The molecule has 2 amide bonds. The molecule has 0 aliphatic carbocycles. The first-order valence-electron chi connectivity index (χ1n) is 9.21. The number of fused-ring (bicyclic) bond motifs is 1. The van der Waals surface area contributed by atoms with Crippen LogP contribution in [0.2, 0.25) is 0 Å². The first-order valence-corrected chi connectivity index (χ1v) is 9.21. The summed E-state index contributed by atoms with van der Waals surface area (Å²) in [6.45, 7) is 9.88. The smallest absolute Gasteiger partial charge is 0.317 e. The molecule has 2 aromatic heterocycles. The topological polar surface area (TPSA) is 50.2 Å². The summed E-state index contributed by atoms with van der Waals surface area (Å²) in [6.07, 6.45) is 8.07. The summed E-state index contributed by atoms with van der Waals surface area (Å²) in [7, 11) is 0. The van der Waals surface area contributed by atoms with Gasteiger partial charge in [-0.2, -0.15) is 0 Å². The molecule has 5 heteroatoms. The number of carbonyl (C=O) groups is 1. The highest BCUT2D eigenvalue weighted by molar-refractivity contribution is 5.91. The average Bonchev–Trinajstić information content (AvgIpc) is 3.01. The van der Waals surface area contributed by atoms with Crippen molar-refractivity contribution in [1.29, 1.82) is 0 Å². The van der Waals surface area contributed by atoms with E-state index in [4.69, 9.17) is 0 Å². The number of hydrogen-bond acceptors (Lipinski definition) is 2. The second-order valence-electron chi connectivity index (χ2n) is 7.10. The highest BCUT2D eigenvalue weighted by atomic mass is 16.2. The van der Waals surface area contributed by atoms with Gasteiger partial charge >= 0.3 is 6.03 Å². The van der Waals surface area contributed by atoms with Gasteiger partial charge in [0, 0.05) is 48.5 Å². The fraction of sp³-hybridized carbons (Fsp3) is 0.500. The molecule has 0 radical (unpaired) electrons. The fourth-order valence-electron chi connectivity index (χ4n) is 3.23. The summed E-state index contributed by atoms with van der Waals surface area (Å²) in [5.41, 5.74) is 3.59. The Morgan fingerprint density at radius 1 is 1.36 bits per heavy atom. The molecular formula is C20H28N4O. The highest BCUT2D eigenvalue weighted by Crippen LogP contribution is 2.31. The Hall–Kier alpha value is -2.30. The van der Waals surface area contributed by atoms with Gasteiger partial charge in [-0.1, -0.05) is 13.0 Å². The van der Waals surface area contributed by atoms with Crippen LogP contribution in [-0.4, -0.2) is 39.6 Å². The van der Waals surface area contributed by atoms with Crippen molar-refractivity contribution in [2.24, 2.45) is 0 Å². The summed E-state index contributed by atoms with van der Waals surface area (Å²) < 4.78 is 2.23. The third-order valence-corrected chi connectivity index (χ3v) is 4.97. The Labute approximate surface area is 149 Å². The number of hydrogen-bond donors (Lipinski definition) is 1. The number of rotatable bonds is 4. The van der Waals surface area contributed by atoms with E-state index in [0.717, 1.165) is 25.0 Å².